The van der Waals surface area contributed by atoms with Gasteiger partial charge in [0.25, 0.3) is 0 Å². The fourth-order valence-electron chi connectivity index (χ4n) is 2.90. The first-order valence-corrected chi connectivity index (χ1v) is 7.82. The van der Waals surface area contributed by atoms with E-state index in [1.807, 2.05) is 24.3 Å². The van der Waals surface area contributed by atoms with Crippen LogP contribution in [0.5, 0.6) is 0 Å². The van der Waals surface area contributed by atoms with Crippen molar-refractivity contribution < 1.29 is 30.6 Å². The quantitative estimate of drug-likeness (QED) is 0.312. The zero-order valence-corrected chi connectivity index (χ0v) is 13.2. The third kappa shape index (κ3) is 3.11. The molecule has 0 radical (unpaired) electrons. The number of aromatic nitrogens is 2. The lowest BCUT2D eigenvalue weighted by molar-refractivity contribution is -0.116. The molecule has 0 spiro atoms. The standard InChI is InChI=1S/C17H20N2O6/c20-6-8-5-10-9-3-1-2-4-11(9)19-13(10)14(18-8)16(24)17(25)15(23)12(22)7-21/h1-5,12,15-17,19-25H,6-7H2/t12-,15-,16+,17+/m1/s1. The summed E-state index contributed by atoms with van der Waals surface area (Å²) in [6.07, 6.45) is -6.79. The van der Waals surface area contributed by atoms with Crippen LogP contribution in [0.25, 0.3) is 21.8 Å². The van der Waals surface area contributed by atoms with Gasteiger partial charge >= 0.3 is 0 Å². The number of nitrogens with zero attached hydrogens (tertiary/aromatic N) is 1. The van der Waals surface area contributed by atoms with E-state index in [9.17, 15) is 25.5 Å². The van der Waals surface area contributed by atoms with Gasteiger partial charge in [-0.15, -0.1) is 0 Å². The monoisotopic (exact) mass is 348 g/mol. The maximum absolute atomic E-state index is 10.5. The number of benzene rings is 1. The van der Waals surface area contributed by atoms with Crippen LogP contribution < -0.4 is 0 Å². The predicted octanol–water partition coefficient (Wildman–Crippen LogP) is -0.683. The summed E-state index contributed by atoms with van der Waals surface area (Å²) in [6.45, 7) is -1.13. The highest BCUT2D eigenvalue weighted by atomic mass is 16.4. The van der Waals surface area contributed by atoms with Crippen molar-refractivity contribution in [3.63, 3.8) is 0 Å². The van der Waals surface area contributed by atoms with E-state index in [2.05, 4.69) is 9.97 Å². The van der Waals surface area contributed by atoms with Crippen LogP contribution in [-0.4, -0.2) is 65.5 Å². The maximum Gasteiger partial charge on any atom is 0.126 e. The molecule has 134 valence electrons. The normalized spacial score (nSPS) is 16.9. The summed E-state index contributed by atoms with van der Waals surface area (Å²) in [5, 5.41) is 59.9. The van der Waals surface area contributed by atoms with Gasteiger partial charge in [-0.05, 0) is 12.1 Å². The van der Waals surface area contributed by atoms with Crippen LogP contribution in [0.2, 0.25) is 0 Å². The van der Waals surface area contributed by atoms with E-state index < -0.39 is 31.0 Å². The predicted molar refractivity (Wildman–Crippen MR) is 89.6 cm³/mol. The van der Waals surface area contributed by atoms with Crippen molar-refractivity contribution in [2.24, 2.45) is 0 Å². The number of pyridine rings is 1. The minimum atomic E-state index is -1.78. The Hall–Kier alpha value is -2.07. The molecule has 2 aromatic heterocycles. The molecule has 3 rings (SSSR count). The van der Waals surface area contributed by atoms with Gasteiger partial charge in [-0.25, -0.2) is 0 Å². The fraction of sp³-hybridized carbons (Fsp3) is 0.353. The topological polar surface area (TPSA) is 150 Å². The average molecular weight is 348 g/mol. The van der Waals surface area contributed by atoms with Crippen molar-refractivity contribution in [2.75, 3.05) is 6.61 Å². The van der Waals surface area contributed by atoms with Gasteiger partial charge in [-0.3, -0.25) is 4.98 Å². The number of nitrogens with one attached hydrogen (secondary N) is 1. The third-order valence-electron chi connectivity index (χ3n) is 4.27. The summed E-state index contributed by atoms with van der Waals surface area (Å²) in [6, 6.07) is 9.07. The van der Waals surface area contributed by atoms with Gasteiger partial charge in [0.05, 0.1) is 30.1 Å². The second kappa shape index (κ2) is 7.04. The molecule has 0 aliphatic rings. The Kier molecular flexibility index (Phi) is 5.00. The molecule has 0 unspecified atom stereocenters. The molecule has 0 amide bonds. The summed E-state index contributed by atoms with van der Waals surface area (Å²) < 4.78 is 0. The largest absolute Gasteiger partial charge is 0.394 e. The summed E-state index contributed by atoms with van der Waals surface area (Å²) >= 11 is 0. The number of hydrogen-bond acceptors (Lipinski definition) is 7. The molecule has 0 saturated heterocycles. The molecule has 8 heteroatoms. The molecule has 0 aliphatic carbocycles. The van der Waals surface area contributed by atoms with Crippen LogP contribution in [0, 0.1) is 0 Å². The number of fused-ring (bicyclic) bond motifs is 3. The molecule has 3 aromatic rings. The van der Waals surface area contributed by atoms with Crippen molar-refractivity contribution in [1.82, 2.24) is 9.97 Å². The van der Waals surface area contributed by atoms with E-state index in [-0.39, 0.29) is 18.0 Å². The molecule has 25 heavy (non-hydrogen) atoms. The minimum absolute atomic E-state index is 0.0365. The van der Waals surface area contributed by atoms with E-state index in [1.54, 1.807) is 6.07 Å². The second-order valence-electron chi connectivity index (χ2n) is 5.93. The maximum atomic E-state index is 10.5. The molecule has 0 saturated carbocycles. The molecule has 2 heterocycles. The Balaban J connectivity index is 2.14. The first kappa shape index (κ1) is 17.7. The zero-order chi connectivity index (χ0) is 18.1. The SMILES string of the molecule is OCc1cc2c([nH]c3ccccc32)c([C@H](O)[C@@H](O)[C@H](O)[C@H](O)CO)n1. The molecule has 0 fully saturated rings. The Morgan fingerprint density at radius 2 is 1.68 bits per heavy atom. The van der Waals surface area contributed by atoms with Crippen molar-refractivity contribution >= 4 is 21.8 Å². The van der Waals surface area contributed by atoms with Crippen molar-refractivity contribution in [3.8, 4) is 0 Å². The molecule has 8 nitrogen and oxygen atoms in total. The summed E-state index contributed by atoms with van der Waals surface area (Å²) in [5.41, 5.74) is 1.56. The van der Waals surface area contributed by atoms with Crippen LogP contribution in [0.1, 0.15) is 17.5 Å². The second-order valence-corrected chi connectivity index (χ2v) is 5.93. The minimum Gasteiger partial charge on any atom is -0.394 e. The van der Waals surface area contributed by atoms with Gasteiger partial charge < -0.3 is 35.6 Å². The number of H-pyrrole nitrogens is 1. The van der Waals surface area contributed by atoms with Crippen molar-refractivity contribution in [3.05, 3.63) is 41.7 Å². The number of rotatable bonds is 6. The molecule has 0 aliphatic heterocycles. The van der Waals surface area contributed by atoms with Crippen molar-refractivity contribution in [2.45, 2.75) is 31.0 Å². The first-order valence-electron chi connectivity index (χ1n) is 7.82. The molecule has 4 atom stereocenters. The Labute approximate surface area is 142 Å². The Bertz CT molecular complexity index is 880. The fourth-order valence-corrected chi connectivity index (χ4v) is 2.90. The van der Waals surface area contributed by atoms with Crippen LogP contribution in [0.4, 0.5) is 0 Å². The highest BCUT2D eigenvalue weighted by Crippen LogP contribution is 2.32. The van der Waals surface area contributed by atoms with E-state index in [4.69, 9.17) is 5.11 Å². The summed E-state index contributed by atoms with van der Waals surface area (Å²) in [5.74, 6) is 0. The molecule has 1 aromatic carbocycles. The number of aliphatic hydroxyl groups excluding tert-OH is 6. The van der Waals surface area contributed by atoms with Crippen LogP contribution >= 0.6 is 0 Å². The summed E-state index contributed by atoms with van der Waals surface area (Å²) in [4.78, 5) is 7.26. The number of aromatic amines is 1. The Morgan fingerprint density at radius 3 is 2.36 bits per heavy atom. The van der Waals surface area contributed by atoms with Gasteiger partial charge in [0, 0.05) is 16.3 Å². The zero-order valence-electron chi connectivity index (χ0n) is 13.2. The van der Waals surface area contributed by atoms with Gasteiger partial charge in [-0.2, -0.15) is 0 Å². The lowest BCUT2D eigenvalue weighted by atomic mass is 9.99. The van der Waals surface area contributed by atoms with E-state index in [0.29, 0.717) is 10.9 Å². The molecular formula is C17H20N2O6. The van der Waals surface area contributed by atoms with Gasteiger partial charge in [0.15, 0.2) is 0 Å². The van der Waals surface area contributed by atoms with Gasteiger partial charge in [0.2, 0.25) is 0 Å². The van der Waals surface area contributed by atoms with Crippen LogP contribution in [0.3, 0.4) is 0 Å². The van der Waals surface area contributed by atoms with E-state index in [1.165, 1.54) is 0 Å². The smallest absolute Gasteiger partial charge is 0.126 e. The molecule has 7 N–H and O–H groups in total. The lowest BCUT2D eigenvalue weighted by Crippen LogP contribution is -2.43. The molecular weight excluding hydrogens is 328 g/mol. The van der Waals surface area contributed by atoms with Gasteiger partial charge in [0.1, 0.15) is 24.4 Å². The average Bonchev–Trinajstić information content (AvgIpc) is 3.03. The van der Waals surface area contributed by atoms with Crippen LogP contribution in [-0.2, 0) is 6.61 Å². The lowest BCUT2D eigenvalue weighted by Gasteiger charge is -2.25. The number of para-hydroxylation sites is 1. The number of aliphatic hydroxyl groups is 6. The molecule has 0 bridgehead atoms. The number of hydrogen-bond donors (Lipinski definition) is 7. The highest BCUT2D eigenvalue weighted by molar-refractivity contribution is 6.08. The van der Waals surface area contributed by atoms with E-state index in [0.717, 1.165) is 10.9 Å². The highest BCUT2D eigenvalue weighted by Gasteiger charge is 2.33. The summed E-state index contributed by atoms with van der Waals surface area (Å²) in [7, 11) is 0. The van der Waals surface area contributed by atoms with Crippen LogP contribution in [0.15, 0.2) is 30.3 Å². The van der Waals surface area contributed by atoms with Gasteiger partial charge in [-0.1, -0.05) is 18.2 Å². The van der Waals surface area contributed by atoms with E-state index >= 15 is 0 Å². The first-order chi connectivity index (χ1) is 12.0. The van der Waals surface area contributed by atoms with Crippen molar-refractivity contribution in [1.29, 1.82) is 0 Å². The Morgan fingerprint density at radius 1 is 0.960 bits per heavy atom. The third-order valence-corrected chi connectivity index (χ3v) is 4.27.